The van der Waals surface area contributed by atoms with Crippen molar-refractivity contribution in [3.05, 3.63) is 46.5 Å². The minimum Gasteiger partial charge on any atom is -0.478 e. The van der Waals surface area contributed by atoms with Crippen LogP contribution in [0.3, 0.4) is 0 Å². The summed E-state index contributed by atoms with van der Waals surface area (Å²) in [5.41, 5.74) is 0.470. The van der Waals surface area contributed by atoms with Crippen LogP contribution in [0.1, 0.15) is 107 Å². The summed E-state index contributed by atoms with van der Waals surface area (Å²) in [7, 11) is 0. The van der Waals surface area contributed by atoms with Crippen molar-refractivity contribution in [1.29, 1.82) is 0 Å². The smallest absolute Gasteiger partial charge is 0.336 e. The lowest BCUT2D eigenvalue weighted by molar-refractivity contribution is 0.0698. The van der Waals surface area contributed by atoms with Crippen LogP contribution in [-0.4, -0.2) is 41.3 Å². The highest BCUT2D eigenvalue weighted by Gasteiger charge is 2.27. The van der Waals surface area contributed by atoms with Crippen LogP contribution in [0.25, 0.3) is 10.8 Å². The molecule has 2 aliphatic carbocycles. The molecule has 7 heteroatoms. The molecule has 2 fully saturated rings. The lowest BCUT2D eigenvalue weighted by atomic mass is 9.86. The zero-order valence-electron chi connectivity index (χ0n) is 20.4. The zero-order valence-corrected chi connectivity index (χ0v) is 20.4. The fourth-order valence-electron chi connectivity index (χ4n) is 5.51. The van der Waals surface area contributed by atoms with Gasteiger partial charge in [-0.2, -0.15) is 0 Å². The van der Waals surface area contributed by atoms with Gasteiger partial charge in [-0.25, -0.2) is 4.79 Å². The highest BCUT2D eigenvalue weighted by atomic mass is 16.4. The van der Waals surface area contributed by atoms with Gasteiger partial charge in [0.25, 0.3) is 11.8 Å². The van der Waals surface area contributed by atoms with E-state index >= 15 is 0 Å². The van der Waals surface area contributed by atoms with E-state index in [4.69, 9.17) is 0 Å². The second-order valence-electron chi connectivity index (χ2n) is 10.4. The van der Waals surface area contributed by atoms with E-state index in [2.05, 4.69) is 24.5 Å². The number of hydrogen-bond acceptors (Lipinski definition) is 4. The first kappa shape index (κ1) is 24.9. The summed E-state index contributed by atoms with van der Waals surface area (Å²) >= 11 is 0. The molecule has 2 aliphatic rings. The summed E-state index contributed by atoms with van der Waals surface area (Å²) in [6.07, 6.45) is 8.24. The minimum absolute atomic E-state index is 0.0212. The fraction of sp³-hybridized carbons (Fsp3) is 0.500. The van der Waals surface area contributed by atoms with Gasteiger partial charge in [0.1, 0.15) is 0 Å². The standard InChI is InChI=1S/C28H34N2O5/c1-16-3-8-19(9-4-16)29-26(32)21-13-14-23(28(34)35)25-22(12-7-18(15-31)24(21)25)27(33)30-20-10-5-17(2)6-11-20/h7,12-17,19-20H,3-6,8-11H2,1-2H3,(H,29,32)(H,30,33)(H,34,35). The number of fused-ring (bicyclic) bond motifs is 1. The quantitative estimate of drug-likeness (QED) is 0.508. The second-order valence-corrected chi connectivity index (χ2v) is 10.4. The highest BCUT2D eigenvalue weighted by molar-refractivity contribution is 6.22. The number of carbonyl (C=O) groups excluding carboxylic acids is 3. The number of carboxylic acids is 1. The number of benzene rings is 2. The first-order valence-corrected chi connectivity index (χ1v) is 12.7. The molecular formula is C28H34N2O5. The van der Waals surface area contributed by atoms with E-state index in [0.29, 0.717) is 18.1 Å². The molecule has 0 radical (unpaired) electrons. The van der Waals surface area contributed by atoms with Gasteiger partial charge in [0.15, 0.2) is 6.29 Å². The highest BCUT2D eigenvalue weighted by Crippen LogP contribution is 2.31. The molecule has 2 amide bonds. The Bertz CT molecular complexity index is 1140. The molecule has 0 aromatic heterocycles. The van der Waals surface area contributed by atoms with E-state index in [1.165, 1.54) is 24.3 Å². The minimum atomic E-state index is -1.22. The number of carboxylic acid groups (broad SMARTS) is 1. The van der Waals surface area contributed by atoms with Gasteiger partial charge < -0.3 is 15.7 Å². The molecule has 0 saturated heterocycles. The number of hydrogen-bond donors (Lipinski definition) is 3. The van der Waals surface area contributed by atoms with Gasteiger partial charge >= 0.3 is 5.97 Å². The predicted octanol–water partition coefficient (Wildman–Crippen LogP) is 4.97. The Balaban J connectivity index is 1.74. The fourth-order valence-corrected chi connectivity index (χ4v) is 5.51. The van der Waals surface area contributed by atoms with Crippen LogP contribution in [0, 0.1) is 11.8 Å². The Morgan fingerprint density at radius 1 is 0.714 bits per heavy atom. The Morgan fingerprint density at radius 2 is 1.14 bits per heavy atom. The molecule has 0 aliphatic heterocycles. The maximum atomic E-state index is 13.3. The summed E-state index contributed by atoms with van der Waals surface area (Å²) in [6.45, 7) is 4.40. The Morgan fingerprint density at radius 3 is 1.60 bits per heavy atom. The molecule has 0 atom stereocenters. The van der Waals surface area contributed by atoms with E-state index in [-0.39, 0.29) is 56.9 Å². The largest absolute Gasteiger partial charge is 0.478 e. The molecule has 0 spiro atoms. The first-order chi connectivity index (χ1) is 16.8. The summed E-state index contributed by atoms with van der Waals surface area (Å²) in [5, 5.41) is 16.4. The molecule has 7 nitrogen and oxygen atoms in total. The summed E-state index contributed by atoms with van der Waals surface area (Å²) in [5.74, 6) is -0.689. The number of aromatic carboxylic acids is 1. The molecule has 2 aromatic carbocycles. The van der Waals surface area contributed by atoms with Crippen LogP contribution in [0.4, 0.5) is 0 Å². The van der Waals surface area contributed by atoms with Gasteiger partial charge in [-0.3, -0.25) is 14.4 Å². The van der Waals surface area contributed by atoms with Crippen molar-refractivity contribution in [2.24, 2.45) is 11.8 Å². The molecule has 4 rings (SSSR count). The maximum Gasteiger partial charge on any atom is 0.336 e. The van der Waals surface area contributed by atoms with Crippen molar-refractivity contribution in [1.82, 2.24) is 10.6 Å². The second kappa shape index (κ2) is 10.6. The molecule has 3 N–H and O–H groups in total. The van der Waals surface area contributed by atoms with Gasteiger partial charge in [0.2, 0.25) is 0 Å². The maximum absolute atomic E-state index is 13.3. The van der Waals surface area contributed by atoms with Crippen molar-refractivity contribution >= 4 is 34.8 Å². The van der Waals surface area contributed by atoms with Gasteiger partial charge in [-0.1, -0.05) is 19.9 Å². The van der Waals surface area contributed by atoms with E-state index in [0.717, 1.165) is 51.4 Å². The van der Waals surface area contributed by atoms with Crippen LogP contribution in [-0.2, 0) is 0 Å². The number of nitrogens with one attached hydrogen (secondary N) is 2. The third-order valence-corrected chi connectivity index (χ3v) is 7.74. The normalized spacial score (nSPS) is 24.5. The number of aldehydes is 1. The predicted molar refractivity (Wildman–Crippen MR) is 134 cm³/mol. The molecule has 0 heterocycles. The van der Waals surface area contributed by atoms with Gasteiger partial charge in [0, 0.05) is 39.5 Å². The molecule has 2 aromatic rings. The molecule has 0 unspecified atom stereocenters. The van der Waals surface area contributed by atoms with Crippen LogP contribution in [0.15, 0.2) is 24.3 Å². The van der Waals surface area contributed by atoms with Crippen molar-refractivity contribution in [2.75, 3.05) is 0 Å². The third kappa shape index (κ3) is 5.39. The summed E-state index contributed by atoms with van der Waals surface area (Å²) in [6, 6.07) is 5.85. The summed E-state index contributed by atoms with van der Waals surface area (Å²) < 4.78 is 0. The Labute approximate surface area is 205 Å². The lowest BCUT2D eigenvalue weighted by Crippen LogP contribution is -2.38. The molecular weight excluding hydrogens is 444 g/mol. The summed E-state index contributed by atoms with van der Waals surface area (Å²) in [4.78, 5) is 50.7. The Hall–Kier alpha value is -3.22. The van der Waals surface area contributed by atoms with E-state index in [1.54, 1.807) is 0 Å². The molecule has 35 heavy (non-hydrogen) atoms. The van der Waals surface area contributed by atoms with Crippen LogP contribution >= 0.6 is 0 Å². The van der Waals surface area contributed by atoms with Crippen molar-refractivity contribution in [3.8, 4) is 0 Å². The number of rotatable bonds is 6. The Kier molecular flexibility index (Phi) is 7.53. The van der Waals surface area contributed by atoms with E-state index in [9.17, 15) is 24.3 Å². The van der Waals surface area contributed by atoms with Gasteiger partial charge in [-0.05, 0) is 81.4 Å². The van der Waals surface area contributed by atoms with Gasteiger partial charge in [-0.15, -0.1) is 0 Å². The monoisotopic (exact) mass is 478 g/mol. The molecule has 186 valence electrons. The average molecular weight is 479 g/mol. The topological polar surface area (TPSA) is 113 Å². The van der Waals surface area contributed by atoms with Crippen LogP contribution in [0.2, 0.25) is 0 Å². The van der Waals surface area contributed by atoms with Crippen molar-refractivity contribution in [2.45, 2.75) is 77.3 Å². The average Bonchev–Trinajstić information content (AvgIpc) is 2.85. The van der Waals surface area contributed by atoms with Gasteiger partial charge in [0.05, 0.1) is 5.56 Å². The molecule has 0 bridgehead atoms. The van der Waals surface area contributed by atoms with Crippen molar-refractivity contribution < 1.29 is 24.3 Å². The van der Waals surface area contributed by atoms with E-state index < -0.39 is 5.97 Å². The number of amides is 2. The van der Waals surface area contributed by atoms with Crippen LogP contribution in [0.5, 0.6) is 0 Å². The third-order valence-electron chi connectivity index (χ3n) is 7.74. The SMILES string of the molecule is CC1CCC(NC(=O)c2ccc(C(=O)O)c3c(C(=O)NC4CCC(C)CC4)ccc(C=O)c23)CC1. The molecule has 2 saturated carbocycles. The first-order valence-electron chi connectivity index (χ1n) is 12.7. The number of carbonyl (C=O) groups is 4. The van der Waals surface area contributed by atoms with Crippen LogP contribution < -0.4 is 10.6 Å². The van der Waals surface area contributed by atoms with Crippen molar-refractivity contribution in [3.63, 3.8) is 0 Å². The zero-order chi connectivity index (χ0) is 25.1. The lowest BCUT2D eigenvalue weighted by Gasteiger charge is -2.28. The van der Waals surface area contributed by atoms with E-state index in [1.807, 2.05) is 0 Å².